The predicted octanol–water partition coefficient (Wildman–Crippen LogP) is 1.49. The molecule has 0 aliphatic carbocycles. The van der Waals surface area contributed by atoms with E-state index in [1.807, 2.05) is 6.07 Å². The molecule has 0 aliphatic heterocycles. The van der Waals surface area contributed by atoms with Crippen molar-refractivity contribution in [1.82, 2.24) is 4.57 Å². The van der Waals surface area contributed by atoms with E-state index in [-0.39, 0.29) is 16.7 Å². The number of nitriles is 1. The number of anilines is 1. The number of aromatic nitrogens is 1. The normalized spacial score (nSPS) is 10.0. The number of nitrogens with two attached hydrogens (primary N) is 1. The third-order valence-electron chi connectivity index (χ3n) is 2.46. The fourth-order valence-corrected chi connectivity index (χ4v) is 1.66. The first kappa shape index (κ1) is 11.9. The van der Waals surface area contributed by atoms with E-state index in [9.17, 15) is 9.18 Å². The largest absolute Gasteiger partial charge is 0.394 e. The van der Waals surface area contributed by atoms with E-state index in [1.54, 1.807) is 16.8 Å². The van der Waals surface area contributed by atoms with Gasteiger partial charge in [0.1, 0.15) is 5.82 Å². The van der Waals surface area contributed by atoms with Crippen molar-refractivity contribution >= 4 is 5.69 Å². The number of pyridine rings is 1. The van der Waals surface area contributed by atoms with Crippen LogP contribution in [0.15, 0.2) is 41.5 Å². The third-order valence-corrected chi connectivity index (χ3v) is 2.46. The SMILES string of the molecule is N#Cc1cc(F)cc(Cn2ccc(=O)c(N)c2)c1. The average molecular weight is 243 g/mol. The van der Waals surface area contributed by atoms with Gasteiger partial charge in [-0.05, 0) is 23.8 Å². The molecule has 0 amide bonds. The highest BCUT2D eigenvalue weighted by Gasteiger charge is 2.02. The Labute approximate surface area is 103 Å². The highest BCUT2D eigenvalue weighted by Crippen LogP contribution is 2.10. The van der Waals surface area contributed by atoms with Gasteiger partial charge < -0.3 is 10.3 Å². The molecular weight excluding hydrogens is 233 g/mol. The van der Waals surface area contributed by atoms with Crippen molar-refractivity contribution in [2.24, 2.45) is 0 Å². The Kier molecular flexibility index (Phi) is 3.11. The molecule has 1 aromatic heterocycles. The van der Waals surface area contributed by atoms with Crippen LogP contribution < -0.4 is 11.2 Å². The number of benzene rings is 1. The number of hydrogen-bond acceptors (Lipinski definition) is 3. The van der Waals surface area contributed by atoms with Gasteiger partial charge >= 0.3 is 0 Å². The topological polar surface area (TPSA) is 71.8 Å². The Morgan fingerprint density at radius 1 is 1.39 bits per heavy atom. The third kappa shape index (κ3) is 2.55. The standard InChI is InChI=1S/C13H10FN3O/c14-11-4-9(6-15)3-10(5-11)7-17-2-1-13(18)12(16)8-17/h1-5,8H,7,16H2. The number of hydrogen-bond donors (Lipinski definition) is 1. The summed E-state index contributed by atoms with van der Waals surface area (Å²) in [6, 6.07) is 7.34. The first-order valence-electron chi connectivity index (χ1n) is 5.23. The second-order valence-corrected chi connectivity index (χ2v) is 3.90. The summed E-state index contributed by atoms with van der Waals surface area (Å²) in [5.41, 5.74) is 6.28. The van der Waals surface area contributed by atoms with Crippen LogP contribution in [0.1, 0.15) is 11.1 Å². The maximum atomic E-state index is 13.2. The molecule has 2 N–H and O–H groups in total. The lowest BCUT2D eigenvalue weighted by Crippen LogP contribution is -2.11. The van der Waals surface area contributed by atoms with E-state index < -0.39 is 5.82 Å². The van der Waals surface area contributed by atoms with Crippen LogP contribution in [0.5, 0.6) is 0 Å². The molecule has 0 atom stereocenters. The molecule has 1 heterocycles. The second kappa shape index (κ2) is 4.72. The first-order chi connectivity index (χ1) is 8.58. The van der Waals surface area contributed by atoms with Crippen molar-refractivity contribution in [1.29, 1.82) is 5.26 Å². The molecule has 0 unspecified atom stereocenters. The quantitative estimate of drug-likeness (QED) is 0.868. The van der Waals surface area contributed by atoms with Gasteiger partial charge in [-0.2, -0.15) is 5.26 Å². The molecule has 5 heteroatoms. The lowest BCUT2D eigenvalue weighted by Gasteiger charge is -2.07. The van der Waals surface area contributed by atoms with E-state index >= 15 is 0 Å². The summed E-state index contributed by atoms with van der Waals surface area (Å²) in [5, 5.41) is 8.75. The van der Waals surface area contributed by atoms with Gasteiger partial charge in [-0.1, -0.05) is 0 Å². The van der Waals surface area contributed by atoms with Gasteiger partial charge in [0.25, 0.3) is 0 Å². The summed E-state index contributed by atoms with van der Waals surface area (Å²) in [5.74, 6) is -0.460. The minimum absolute atomic E-state index is 0.134. The smallest absolute Gasteiger partial charge is 0.204 e. The average Bonchev–Trinajstić information content (AvgIpc) is 2.33. The van der Waals surface area contributed by atoms with E-state index in [0.717, 1.165) is 0 Å². The molecule has 18 heavy (non-hydrogen) atoms. The summed E-state index contributed by atoms with van der Waals surface area (Å²) >= 11 is 0. The number of nitrogen functional groups attached to an aromatic ring is 1. The fraction of sp³-hybridized carbons (Fsp3) is 0.0769. The van der Waals surface area contributed by atoms with Gasteiger partial charge in [0, 0.05) is 25.0 Å². The van der Waals surface area contributed by atoms with Crippen LogP contribution >= 0.6 is 0 Å². The van der Waals surface area contributed by atoms with Crippen LogP contribution in [0.3, 0.4) is 0 Å². The molecule has 1 aromatic carbocycles. The zero-order valence-electron chi connectivity index (χ0n) is 9.43. The van der Waals surface area contributed by atoms with Gasteiger partial charge in [-0.25, -0.2) is 4.39 Å². The molecule has 0 spiro atoms. The molecule has 0 bridgehead atoms. The predicted molar refractivity (Wildman–Crippen MR) is 65.3 cm³/mol. The van der Waals surface area contributed by atoms with Crippen LogP contribution in [0.4, 0.5) is 10.1 Å². The minimum atomic E-state index is -0.460. The Hall–Kier alpha value is -2.61. The first-order valence-corrected chi connectivity index (χ1v) is 5.23. The van der Waals surface area contributed by atoms with Gasteiger partial charge in [-0.3, -0.25) is 4.79 Å². The highest BCUT2D eigenvalue weighted by molar-refractivity contribution is 5.36. The van der Waals surface area contributed by atoms with E-state index in [4.69, 9.17) is 11.0 Å². The highest BCUT2D eigenvalue weighted by atomic mass is 19.1. The lowest BCUT2D eigenvalue weighted by molar-refractivity contribution is 0.623. The molecule has 2 aromatic rings. The Balaban J connectivity index is 2.34. The lowest BCUT2D eigenvalue weighted by atomic mass is 10.1. The van der Waals surface area contributed by atoms with Crippen molar-refractivity contribution in [3.05, 3.63) is 63.8 Å². The van der Waals surface area contributed by atoms with Crippen LogP contribution in [0.25, 0.3) is 0 Å². The van der Waals surface area contributed by atoms with Crippen molar-refractivity contribution in [3.63, 3.8) is 0 Å². The van der Waals surface area contributed by atoms with Gasteiger partial charge in [0.2, 0.25) is 5.43 Å². The Morgan fingerprint density at radius 2 is 2.17 bits per heavy atom. The molecule has 4 nitrogen and oxygen atoms in total. The van der Waals surface area contributed by atoms with Crippen molar-refractivity contribution in [3.8, 4) is 6.07 Å². The zero-order valence-corrected chi connectivity index (χ0v) is 9.43. The fourth-order valence-electron chi connectivity index (χ4n) is 1.66. The number of halogens is 1. The number of rotatable bonds is 2. The summed E-state index contributed by atoms with van der Waals surface area (Å²) in [6.45, 7) is 0.344. The van der Waals surface area contributed by atoms with Crippen LogP contribution in [-0.2, 0) is 6.54 Å². The molecule has 0 aliphatic rings. The van der Waals surface area contributed by atoms with Crippen LogP contribution in [-0.4, -0.2) is 4.57 Å². The summed E-state index contributed by atoms with van der Waals surface area (Å²) in [6.07, 6.45) is 3.05. The molecule has 2 rings (SSSR count). The van der Waals surface area contributed by atoms with Gasteiger partial charge in [-0.15, -0.1) is 0 Å². The monoisotopic (exact) mass is 243 g/mol. The molecule has 0 saturated heterocycles. The maximum absolute atomic E-state index is 13.2. The van der Waals surface area contributed by atoms with Crippen molar-refractivity contribution in [2.75, 3.05) is 5.73 Å². The minimum Gasteiger partial charge on any atom is -0.394 e. The molecular formula is C13H10FN3O. The summed E-state index contributed by atoms with van der Waals surface area (Å²) in [7, 11) is 0. The van der Waals surface area contributed by atoms with Crippen LogP contribution in [0, 0.1) is 17.1 Å². The Bertz CT molecular complexity index is 685. The second-order valence-electron chi connectivity index (χ2n) is 3.90. The van der Waals surface area contributed by atoms with Crippen LogP contribution in [0.2, 0.25) is 0 Å². The molecule has 90 valence electrons. The van der Waals surface area contributed by atoms with E-state index in [0.29, 0.717) is 12.1 Å². The van der Waals surface area contributed by atoms with Crippen molar-refractivity contribution in [2.45, 2.75) is 6.54 Å². The summed E-state index contributed by atoms with van der Waals surface area (Å²) < 4.78 is 14.9. The Morgan fingerprint density at radius 3 is 2.83 bits per heavy atom. The molecule has 0 saturated carbocycles. The van der Waals surface area contributed by atoms with Gasteiger partial charge in [0.05, 0.1) is 17.3 Å². The molecule has 0 radical (unpaired) electrons. The van der Waals surface area contributed by atoms with Crippen molar-refractivity contribution < 1.29 is 4.39 Å². The van der Waals surface area contributed by atoms with E-state index in [2.05, 4.69) is 0 Å². The van der Waals surface area contributed by atoms with E-state index in [1.165, 1.54) is 24.4 Å². The maximum Gasteiger partial charge on any atom is 0.204 e. The van der Waals surface area contributed by atoms with Gasteiger partial charge in [0.15, 0.2) is 0 Å². The summed E-state index contributed by atoms with van der Waals surface area (Å²) in [4.78, 5) is 11.1. The number of nitrogens with zero attached hydrogens (tertiary/aromatic N) is 2. The zero-order chi connectivity index (χ0) is 13.1. The molecule has 0 fully saturated rings.